The van der Waals surface area contributed by atoms with E-state index < -0.39 is 12.1 Å². The molecule has 1 N–H and O–H groups in total. The average Bonchev–Trinajstić information content (AvgIpc) is 3.18. The van der Waals surface area contributed by atoms with E-state index in [9.17, 15) is 18.0 Å². The van der Waals surface area contributed by atoms with Crippen LogP contribution in [0, 0.1) is 0 Å². The minimum absolute atomic E-state index is 0.00883. The maximum absolute atomic E-state index is 12.3. The molecule has 2 fully saturated rings. The normalized spacial score (nSPS) is 18.9. The molecule has 1 amide bonds. The van der Waals surface area contributed by atoms with Gasteiger partial charge < -0.3 is 14.7 Å². The number of pyridine rings is 1. The smallest absolute Gasteiger partial charge is 0.475 e. The molecular weight excluding hydrogens is 431 g/mol. The summed E-state index contributed by atoms with van der Waals surface area (Å²) in [7, 11) is 1.86. The number of carbonyl (C=O) groups is 2. The highest BCUT2D eigenvalue weighted by Gasteiger charge is 2.43. The van der Waals surface area contributed by atoms with Crippen LogP contribution < -0.4 is 4.90 Å². The molecule has 4 rings (SSSR count). The summed E-state index contributed by atoms with van der Waals surface area (Å²) in [4.78, 5) is 29.8. The van der Waals surface area contributed by atoms with Crippen LogP contribution in [0.1, 0.15) is 18.5 Å². The molecule has 0 bridgehead atoms. The Morgan fingerprint density at radius 3 is 2.50 bits per heavy atom. The van der Waals surface area contributed by atoms with Crippen molar-refractivity contribution < 1.29 is 32.6 Å². The predicted octanol–water partition coefficient (Wildman–Crippen LogP) is 1.85. The van der Waals surface area contributed by atoms with Gasteiger partial charge in [-0.2, -0.15) is 18.3 Å². The van der Waals surface area contributed by atoms with Gasteiger partial charge in [0.05, 0.1) is 29.7 Å². The average molecular weight is 455 g/mol. The first-order chi connectivity index (χ1) is 15.1. The number of carboxylic acid groups (broad SMARTS) is 1. The van der Waals surface area contributed by atoms with Crippen LogP contribution in [0.15, 0.2) is 36.8 Å². The van der Waals surface area contributed by atoms with Crippen molar-refractivity contribution in [2.45, 2.75) is 31.2 Å². The van der Waals surface area contributed by atoms with Gasteiger partial charge in [-0.05, 0) is 25.0 Å². The first-order valence-electron chi connectivity index (χ1n) is 9.93. The fourth-order valence-corrected chi connectivity index (χ4v) is 3.64. The Morgan fingerprint density at radius 2 is 1.97 bits per heavy atom. The zero-order valence-corrected chi connectivity index (χ0v) is 17.5. The molecule has 0 aliphatic carbocycles. The zero-order valence-electron chi connectivity index (χ0n) is 17.5. The van der Waals surface area contributed by atoms with E-state index >= 15 is 0 Å². The SMILES string of the molecule is Cn1cc(N2CC3(CCN(Cc4ccccn4)CC3)OCC2=O)cn1.O=C(O)C(F)(F)F. The van der Waals surface area contributed by atoms with Gasteiger partial charge in [0, 0.05) is 39.1 Å². The van der Waals surface area contributed by atoms with Gasteiger partial charge >= 0.3 is 12.1 Å². The lowest BCUT2D eigenvalue weighted by Gasteiger charge is -2.46. The van der Waals surface area contributed by atoms with Crippen molar-refractivity contribution >= 4 is 17.6 Å². The van der Waals surface area contributed by atoms with E-state index in [2.05, 4.69) is 21.0 Å². The lowest BCUT2D eigenvalue weighted by molar-refractivity contribution is -0.192. The molecule has 32 heavy (non-hydrogen) atoms. The molecule has 174 valence electrons. The summed E-state index contributed by atoms with van der Waals surface area (Å²) in [5, 5.41) is 11.3. The van der Waals surface area contributed by atoms with Gasteiger partial charge in [-0.25, -0.2) is 4.79 Å². The number of aryl methyl sites for hydroxylation is 1. The molecule has 2 aromatic heterocycles. The number of rotatable bonds is 3. The number of likely N-dealkylation sites (tertiary alicyclic amines) is 1. The third-order valence-electron chi connectivity index (χ3n) is 5.37. The van der Waals surface area contributed by atoms with E-state index in [0.29, 0.717) is 6.54 Å². The summed E-state index contributed by atoms with van der Waals surface area (Å²) in [5.41, 5.74) is 1.70. The van der Waals surface area contributed by atoms with Crippen molar-refractivity contribution in [2.24, 2.45) is 7.05 Å². The number of nitrogens with zero attached hydrogens (tertiary/aromatic N) is 5. The number of alkyl halides is 3. The number of anilines is 1. The maximum Gasteiger partial charge on any atom is 0.490 e. The molecule has 2 aliphatic heterocycles. The highest BCUT2D eigenvalue weighted by Crippen LogP contribution is 2.33. The number of ether oxygens (including phenoxy) is 1. The van der Waals surface area contributed by atoms with Gasteiger partial charge in [0.15, 0.2) is 0 Å². The van der Waals surface area contributed by atoms with Gasteiger partial charge in [-0.1, -0.05) is 6.07 Å². The summed E-state index contributed by atoms with van der Waals surface area (Å²) < 4.78 is 39.5. The van der Waals surface area contributed by atoms with E-state index in [0.717, 1.165) is 43.9 Å². The number of amides is 1. The van der Waals surface area contributed by atoms with Crippen molar-refractivity contribution in [2.75, 3.05) is 31.1 Å². The molecule has 0 unspecified atom stereocenters. The topological polar surface area (TPSA) is 101 Å². The van der Waals surface area contributed by atoms with Crippen LogP contribution in [0.25, 0.3) is 0 Å². The third kappa shape index (κ3) is 6.04. The zero-order chi connectivity index (χ0) is 23.4. The van der Waals surface area contributed by atoms with Crippen LogP contribution in [-0.4, -0.2) is 74.7 Å². The molecule has 9 nitrogen and oxygen atoms in total. The Bertz CT molecular complexity index is 927. The standard InChI is InChI=1S/C18H23N5O2.C2HF3O2/c1-21-12-16(10-20-21)23-14-18(25-13-17(23)24)5-8-22(9-6-18)11-15-4-2-3-7-19-15;3-2(4,5)1(6)7/h2-4,7,10,12H,5-6,8-9,11,13-14H2,1H3;(H,6,7). The molecular formula is C20H24F3N5O4. The van der Waals surface area contributed by atoms with E-state index in [1.54, 1.807) is 10.9 Å². The number of morpholine rings is 1. The Balaban J connectivity index is 0.000000360. The number of hydrogen-bond acceptors (Lipinski definition) is 6. The molecule has 0 aromatic carbocycles. The summed E-state index contributed by atoms with van der Waals surface area (Å²) in [5.74, 6) is -2.75. The Morgan fingerprint density at radius 1 is 1.28 bits per heavy atom. The molecule has 4 heterocycles. The van der Waals surface area contributed by atoms with E-state index in [4.69, 9.17) is 14.6 Å². The number of piperidine rings is 1. The van der Waals surface area contributed by atoms with Crippen LogP contribution in [0.2, 0.25) is 0 Å². The van der Waals surface area contributed by atoms with Gasteiger partial charge in [0.25, 0.3) is 5.91 Å². The van der Waals surface area contributed by atoms with E-state index in [1.165, 1.54) is 0 Å². The van der Waals surface area contributed by atoms with E-state index in [1.807, 2.05) is 36.5 Å². The third-order valence-corrected chi connectivity index (χ3v) is 5.37. The summed E-state index contributed by atoms with van der Waals surface area (Å²) in [6.07, 6.45) is 2.22. The number of halogens is 3. The molecule has 2 aromatic rings. The first-order valence-corrected chi connectivity index (χ1v) is 9.93. The summed E-state index contributed by atoms with van der Waals surface area (Å²) in [6, 6.07) is 6.02. The monoisotopic (exact) mass is 455 g/mol. The second kappa shape index (κ2) is 9.65. The Labute approximate surface area is 182 Å². The number of carboxylic acids is 1. The quantitative estimate of drug-likeness (QED) is 0.754. The van der Waals surface area contributed by atoms with Crippen LogP contribution in [-0.2, 0) is 27.9 Å². The van der Waals surface area contributed by atoms with Crippen LogP contribution in [0.3, 0.4) is 0 Å². The number of hydrogen-bond donors (Lipinski definition) is 1. The van der Waals surface area contributed by atoms with Gasteiger partial charge in [-0.3, -0.25) is 19.4 Å². The minimum atomic E-state index is -5.08. The van der Waals surface area contributed by atoms with Crippen molar-refractivity contribution in [3.8, 4) is 0 Å². The van der Waals surface area contributed by atoms with Crippen LogP contribution in [0.4, 0.5) is 18.9 Å². The minimum Gasteiger partial charge on any atom is -0.475 e. The van der Waals surface area contributed by atoms with Gasteiger partial charge in [-0.15, -0.1) is 0 Å². The molecule has 2 saturated heterocycles. The fraction of sp³-hybridized carbons (Fsp3) is 0.500. The number of carbonyl (C=O) groups excluding carboxylic acids is 1. The Hall–Kier alpha value is -2.99. The van der Waals surface area contributed by atoms with Crippen molar-refractivity contribution in [3.05, 3.63) is 42.5 Å². The number of aliphatic carboxylic acids is 1. The second-order valence-corrected chi connectivity index (χ2v) is 7.72. The summed E-state index contributed by atoms with van der Waals surface area (Å²) >= 11 is 0. The van der Waals surface area contributed by atoms with Crippen molar-refractivity contribution in [3.63, 3.8) is 0 Å². The lowest BCUT2D eigenvalue weighted by Crippen LogP contribution is -2.58. The first kappa shape index (κ1) is 23.7. The number of aromatic nitrogens is 3. The highest BCUT2D eigenvalue weighted by molar-refractivity contribution is 5.94. The lowest BCUT2D eigenvalue weighted by atomic mass is 9.89. The Kier molecular flexibility index (Phi) is 7.14. The van der Waals surface area contributed by atoms with Crippen LogP contribution in [0.5, 0.6) is 0 Å². The van der Waals surface area contributed by atoms with Gasteiger partial charge in [0.1, 0.15) is 6.61 Å². The summed E-state index contributed by atoms with van der Waals surface area (Å²) in [6.45, 7) is 3.52. The highest BCUT2D eigenvalue weighted by atomic mass is 19.4. The molecule has 1 spiro atoms. The van der Waals surface area contributed by atoms with Gasteiger partial charge in [0.2, 0.25) is 0 Å². The fourth-order valence-electron chi connectivity index (χ4n) is 3.64. The van der Waals surface area contributed by atoms with Crippen LogP contribution >= 0.6 is 0 Å². The molecule has 12 heteroatoms. The molecule has 0 radical (unpaired) electrons. The molecule has 2 aliphatic rings. The molecule has 0 saturated carbocycles. The molecule has 0 atom stereocenters. The maximum atomic E-state index is 12.3. The predicted molar refractivity (Wildman–Crippen MR) is 107 cm³/mol. The van der Waals surface area contributed by atoms with E-state index in [-0.39, 0.29) is 18.1 Å². The van der Waals surface area contributed by atoms with Crippen molar-refractivity contribution in [1.82, 2.24) is 19.7 Å². The van der Waals surface area contributed by atoms with Crippen molar-refractivity contribution in [1.29, 1.82) is 0 Å². The largest absolute Gasteiger partial charge is 0.490 e. The second-order valence-electron chi connectivity index (χ2n) is 7.72.